The second-order valence-electron chi connectivity index (χ2n) is 5.43. The topological polar surface area (TPSA) is 41.1 Å². The molecule has 2 N–H and O–H groups in total. The van der Waals surface area contributed by atoms with Gasteiger partial charge in [0.15, 0.2) is 0 Å². The third kappa shape index (κ3) is 6.04. The molecule has 0 unspecified atom stereocenters. The van der Waals surface area contributed by atoms with Gasteiger partial charge >= 0.3 is 6.18 Å². The van der Waals surface area contributed by atoms with Gasteiger partial charge in [-0.1, -0.05) is 60.7 Å². The number of amides is 1. The molecular weight excluding hydrogens is 317 g/mol. The molecule has 0 aliphatic rings. The van der Waals surface area contributed by atoms with Gasteiger partial charge in [0.25, 0.3) is 0 Å². The average molecular weight is 336 g/mol. The lowest BCUT2D eigenvalue weighted by atomic mass is 10.1. The van der Waals surface area contributed by atoms with E-state index in [1.165, 1.54) is 0 Å². The second-order valence-corrected chi connectivity index (χ2v) is 5.43. The van der Waals surface area contributed by atoms with E-state index in [9.17, 15) is 18.0 Å². The van der Waals surface area contributed by atoms with E-state index in [-0.39, 0.29) is 13.1 Å². The maximum Gasteiger partial charge on any atom is 0.404 e. The molecule has 24 heavy (non-hydrogen) atoms. The Morgan fingerprint density at radius 2 is 1.38 bits per heavy atom. The van der Waals surface area contributed by atoms with Crippen molar-refractivity contribution in [3.8, 4) is 0 Å². The van der Waals surface area contributed by atoms with E-state index in [1.807, 2.05) is 6.07 Å². The van der Waals surface area contributed by atoms with Crippen LogP contribution in [0.5, 0.6) is 0 Å². The Bertz CT molecular complexity index is 630. The summed E-state index contributed by atoms with van der Waals surface area (Å²) in [6.45, 7) is 0.264. The summed E-state index contributed by atoms with van der Waals surface area (Å²) in [6, 6.07) is 15.9. The number of alkyl halides is 3. The van der Waals surface area contributed by atoms with Crippen molar-refractivity contribution in [2.75, 3.05) is 0 Å². The summed E-state index contributed by atoms with van der Waals surface area (Å²) < 4.78 is 39.3. The molecule has 1 amide bonds. The molecule has 0 aliphatic carbocycles. The summed E-state index contributed by atoms with van der Waals surface area (Å²) in [5.74, 6) is -0.637. The zero-order chi connectivity index (χ0) is 17.4. The lowest BCUT2D eigenvalue weighted by molar-refractivity contribution is -0.162. The van der Waals surface area contributed by atoms with E-state index < -0.39 is 24.5 Å². The van der Waals surface area contributed by atoms with Crippen molar-refractivity contribution < 1.29 is 18.0 Å². The monoisotopic (exact) mass is 336 g/mol. The van der Waals surface area contributed by atoms with Crippen molar-refractivity contribution in [3.63, 3.8) is 0 Å². The Balaban J connectivity index is 1.87. The number of hydrogen-bond donors (Lipinski definition) is 2. The maximum absolute atomic E-state index is 13.1. The Kier molecular flexibility index (Phi) is 6.37. The van der Waals surface area contributed by atoms with Gasteiger partial charge in [0.05, 0.1) is 6.42 Å². The van der Waals surface area contributed by atoms with Gasteiger partial charge in [-0.15, -0.1) is 0 Å². The normalized spacial score (nSPS) is 12.6. The summed E-state index contributed by atoms with van der Waals surface area (Å²) >= 11 is 0. The van der Waals surface area contributed by atoms with Crippen molar-refractivity contribution in [1.82, 2.24) is 10.6 Å². The molecule has 2 aromatic carbocycles. The lowest BCUT2D eigenvalue weighted by Crippen LogP contribution is -2.45. The van der Waals surface area contributed by atoms with Crippen molar-refractivity contribution in [2.24, 2.45) is 0 Å². The molecule has 2 rings (SSSR count). The van der Waals surface area contributed by atoms with Gasteiger partial charge in [0.2, 0.25) is 5.91 Å². The van der Waals surface area contributed by atoms with Crippen LogP contribution >= 0.6 is 0 Å². The van der Waals surface area contributed by atoms with Crippen LogP contribution in [0.4, 0.5) is 13.2 Å². The van der Waals surface area contributed by atoms with Crippen molar-refractivity contribution in [3.05, 3.63) is 71.8 Å². The van der Waals surface area contributed by atoms with Crippen LogP contribution in [0.3, 0.4) is 0 Å². The molecule has 1 atom stereocenters. The van der Waals surface area contributed by atoms with Crippen molar-refractivity contribution in [1.29, 1.82) is 0 Å². The highest BCUT2D eigenvalue weighted by Gasteiger charge is 2.40. The first-order valence-electron chi connectivity index (χ1n) is 7.60. The molecule has 0 saturated heterocycles. The fraction of sp³-hybridized carbons (Fsp3) is 0.278. The van der Waals surface area contributed by atoms with Crippen LogP contribution in [-0.4, -0.2) is 18.1 Å². The fourth-order valence-corrected chi connectivity index (χ4v) is 2.19. The van der Waals surface area contributed by atoms with E-state index in [1.54, 1.807) is 54.6 Å². The van der Waals surface area contributed by atoms with Gasteiger partial charge in [0.1, 0.15) is 6.04 Å². The van der Waals surface area contributed by atoms with Gasteiger partial charge in [-0.3, -0.25) is 4.79 Å². The summed E-state index contributed by atoms with van der Waals surface area (Å²) in [7, 11) is 0. The van der Waals surface area contributed by atoms with Crippen LogP contribution in [0.2, 0.25) is 0 Å². The maximum atomic E-state index is 13.1. The molecule has 0 radical (unpaired) electrons. The third-order valence-electron chi connectivity index (χ3n) is 3.51. The SMILES string of the molecule is O=C(C[C@H](NCc1ccccc1)C(F)(F)F)NCc1ccccc1. The third-order valence-corrected chi connectivity index (χ3v) is 3.51. The van der Waals surface area contributed by atoms with Crippen molar-refractivity contribution >= 4 is 5.91 Å². The Morgan fingerprint density at radius 1 is 0.875 bits per heavy atom. The fourth-order valence-electron chi connectivity index (χ4n) is 2.19. The summed E-state index contributed by atoms with van der Waals surface area (Å²) in [5.41, 5.74) is 1.57. The average Bonchev–Trinajstić information content (AvgIpc) is 2.57. The van der Waals surface area contributed by atoms with E-state index in [0.717, 1.165) is 11.1 Å². The molecule has 0 heterocycles. The van der Waals surface area contributed by atoms with Gasteiger partial charge in [-0.05, 0) is 11.1 Å². The predicted molar refractivity (Wildman–Crippen MR) is 86.0 cm³/mol. The standard InChI is InChI=1S/C18H19F3N2O/c19-18(20,21)16(22-12-14-7-3-1-4-8-14)11-17(24)23-13-15-9-5-2-6-10-15/h1-10,16,22H,11-13H2,(H,23,24)/t16-/m0/s1. The number of nitrogens with one attached hydrogen (secondary N) is 2. The molecule has 128 valence electrons. The highest BCUT2D eigenvalue weighted by atomic mass is 19.4. The van der Waals surface area contributed by atoms with E-state index >= 15 is 0 Å². The molecule has 2 aromatic rings. The number of halogens is 3. The van der Waals surface area contributed by atoms with Gasteiger partial charge in [0, 0.05) is 13.1 Å². The Morgan fingerprint density at radius 3 is 1.88 bits per heavy atom. The number of carbonyl (C=O) groups excluding carboxylic acids is 1. The summed E-state index contributed by atoms with van der Waals surface area (Å²) in [5, 5.41) is 4.94. The minimum atomic E-state index is -4.49. The van der Waals surface area contributed by atoms with Crippen molar-refractivity contribution in [2.45, 2.75) is 31.7 Å². The molecule has 0 bridgehead atoms. The lowest BCUT2D eigenvalue weighted by Gasteiger charge is -2.21. The first-order valence-corrected chi connectivity index (χ1v) is 7.60. The van der Waals surface area contributed by atoms with Gasteiger partial charge in [-0.2, -0.15) is 13.2 Å². The van der Waals surface area contributed by atoms with Crippen LogP contribution in [0.25, 0.3) is 0 Å². The smallest absolute Gasteiger partial charge is 0.352 e. The van der Waals surface area contributed by atoms with Crippen LogP contribution in [-0.2, 0) is 17.9 Å². The van der Waals surface area contributed by atoms with Gasteiger partial charge in [-0.25, -0.2) is 0 Å². The molecular formula is C18H19F3N2O. The second kappa shape index (κ2) is 8.49. The highest BCUT2D eigenvalue weighted by Crippen LogP contribution is 2.23. The van der Waals surface area contributed by atoms with Gasteiger partial charge < -0.3 is 10.6 Å². The summed E-state index contributed by atoms with van der Waals surface area (Å²) in [4.78, 5) is 11.8. The van der Waals surface area contributed by atoms with Crippen LogP contribution in [0, 0.1) is 0 Å². The number of hydrogen-bond acceptors (Lipinski definition) is 2. The van der Waals surface area contributed by atoms with Crippen LogP contribution in [0.1, 0.15) is 17.5 Å². The summed E-state index contributed by atoms with van der Waals surface area (Å²) in [6.07, 6.45) is -5.14. The quantitative estimate of drug-likeness (QED) is 0.813. The zero-order valence-electron chi connectivity index (χ0n) is 13.0. The first-order chi connectivity index (χ1) is 11.4. The molecule has 6 heteroatoms. The molecule has 0 spiro atoms. The first kappa shape index (κ1) is 18.0. The zero-order valence-corrected chi connectivity index (χ0v) is 13.0. The number of rotatable bonds is 7. The predicted octanol–water partition coefficient (Wildman–Crippen LogP) is 3.41. The minimum absolute atomic E-state index is 0.0526. The number of benzene rings is 2. The molecule has 0 aromatic heterocycles. The van der Waals surface area contributed by atoms with E-state index in [2.05, 4.69) is 10.6 Å². The van der Waals surface area contributed by atoms with E-state index in [4.69, 9.17) is 0 Å². The molecule has 0 aliphatic heterocycles. The number of carbonyl (C=O) groups is 1. The molecule has 0 fully saturated rings. The van der Waals surface area contributed by atoms with Crippen LogP contribution < -0.4 is 10.6 Å². The molecule has 0 saturated carbocycles. The Labute approximate surface area is 138 Å². The highest BCUT2D eigenvalue weighted by molar-refractivity contribution is 5.76. The van der Waals surface area contributed by atoms with Crippen LogP contribution in [0.15, 0.2) is 60.7 Å². The Hall–Kier alpha value is -2.34. The minimum Gasteiger partial charge on any atom is -0.352 e. The van der Waals surface area contributed by atoms with E-state index in [0.29, 0.717) is 0 Å². The molecule has 3 nitrogen and oxygen atoms in total. The largest absolute Gasteiger partial charge is 0.404 e.